The number of rotatable bonds is 3. The molecule has 2 N–H and O–H groups in total. The first-order chi connectivity index (χ1) is 7.43. The largest absolute Gasteiger partial charge is 0.416 e. The number of benzene rings is 1. The molecule has 0 radical (unpaired) electrons. The van der Waals surface area contributed by atoms with E-state index in [-0.39, 0.29) is 5.69 Å². The van der Waals surface area contributed by atoms with E-state index in [0.717, 1.165) is 18.6 Å². The van der Waals surface area contributed by atoms with E-state index >= 15 is 0 Å². The first kappa shape index (κ1) is 12.5. The number of aliphatic imine (C=N–C) groups is 1. The average Bonchev–Trinajstić information content (AvgIpc) is 2.17. The van der Waals surface area contributed by atoms with Crippen LogP contribution < -0.4 is 5.73 Å². The summed E-state index contributed by atoms with van der Waals surface area (Å²) in [7, 11) is 0. The normalized spacial score (nSPS) is 12.9. The van der Waals surface area contributed by atoms with Gasteiger partial charge in [-0.15, -0.1) is 0 Å². The third-order valence-electron chi connectivity index (χ3n) is 1.95. The van der Waals surface area contributed by atoms with E-state index in [0.29, 0.717) is 12.3 Å². The zero-order valence-corrected chi connectivity index (χ0v) is 8.88. The average molecular weight is 230 g/mol. The van der Waals surface area contributed by atoms with Crippen LogP contribution in [0.4, 0.5) is 18.9 Å². The Morgan fingerprint density at radius 3 is 2.62 bits per heavy atom. The molecule has 5 heteroatoms. The molecule has 0 saturated heterocycles. The van der Waals surface area contributed by atoms with Gasteiger partial charge < -0.3 is 5.73 Å². The molecule has 1 aromatic rings. The fourth-order valence-corrected chi connectivity index (χ4v) is 1.23. The summed E-state index contributed by atoms with van der Waals surface area (Å²) >= 11 is 0. The van der Waals surface area contributed by atoms with Crippen LogP contribution in [0.15, 0.2) is 29.3 Å². The van der Waals surface area contributed by atoms with Crippen molar-refractivity contribution in [1.29, 1.82) is 0 Å². The van der Waals surface area contributed by atoms with Crippen molar-refractivity contribution in [3.05, 3.63) is 29.8 Å². The lowest BCUT2D eigenvalue weighted by Crippen LogP contribution is -2.10. The molecule has 0 spiro atoms. The van der Waals surface area contributed by atoms with Gasteiger partial charge in [-0.25, -0.2) is 4.99 Å². The number of hydrogen-bond donors (Lipinski definition) is 1. The van der Waals surface area contributed by atoms with Crippen LogP contribution in [-0.2, 0) is 6.18 Å². The Morgan fingerprint density at radius 1 is 1.38 bits per heavy atom. The number of nitrogens with zero attached hydrogens (tertiary/aromatic N) is 1. The van der Waals surface area contributed by atoms with E-state index in [2.05, 4.69) is 4.99 Å². The van der Waals surface area contributed by atoms with Crippen molar-refractivity contribution in [3.8, 4) is 0 Å². The molecule has 0 unspecified atom stereocenters. The molecule has 0 amide bonds. The molecule has 88 valence electrons. The summed E-state index contributed by atoms with van der Waals surface area (Å²) in [4.78, 5) is 3.92. The molecule has 0 aliphatic carbocycles. The van der Waals surface area contributed by atoms with Gasteiger partial charge in [-0.05, 0) is 24.6 Å². The lowest BCUT2D eigenvalue weighted by atomic mass is 10.2. The summed E-state index contributed by atoms with van der Waals surface area (Å²) in [5, 5.41) is 0. The zero-order valence-electron chi connectivity index (χ0n) is 8.88. The molecule has 0 aromatic heterocycles. The monoisotopic (exact) mass is 230 g/mol. The molecule has 1 rings (SSSR count). The van der Waals surface area contributed by atoms with Gasteiger partial charge in [0.05, 0.1) is 17.1 Å². The third kappa shape index (κ3) is 3.56. The van der Waals surface area contributed by atoms with Crippen LogP contribution in [0.2, 0.25) is 0 Å². The van der Waals surface area contributed by atoms with Crippen molar-refractivity contribution in [2.45, 2.75) is 25.9 Å². The molecule has 1 aromatic carbocycles. The lowest BCUT2D eigenvalue weighted by molar-refractivity contribution is -0.137. The minimum absolute atomic E-state index is 0.237. The van der Waals surface area contributed by atoms with Gasteiger partial charge in [-0.1, -0.05) is 13.0 Å². The number of amidine groups is 1. The minimum atomic E-state index is -4.34. The number of nitrogens with two attached hydrogens (primary N) is 1. The number of alkyl halides is 3. The van der Waals surface area contributed by atoms with Crippen molar-refractivity contribution in [3.63, 3.8) is 0 Å². The van der Waals surface area contributed by atoms with Crippen molar-refractivity contribution >= 4 is 11.5 Å². The Morgan fingerprint density at radius 2 is 2.06 bits per heavy atom. The van der Waals surface area contributed by atoms with Crippen LogP contribution in [-0.4, -0.2) is 5.84 Å². The third-order valence-corrected chi connectivity index (χ3v) is 1.95. The summed E-state index contributed by atoms with van der Waals surface area (Å²) in [6.07, 6.45) is -2.95. The molecule has 2 nitrogen and oxygen atoms in total. The number of halogens is 3. The van der Waals surface area contributed by atoms with E-state index in [1.807, 2.05) is 6.92 Å². The second-order valence-corrected chi connectivity index (χ2v) is 3.40. The van der Waals surface area contributed by atoms with Gasteiger partial charge in [0.25, 0.3) is 0 Å². The molecule has 0 atom stereocenters. The van der Waals surface area contributed by atoms with Gasteiger partial charge in [0.2, 0.25) is 0 Å². The lowest BCUT2D eigenvalue weighted by Gasteiger charge is -2.06. The highest BCUT2D eigenvalue weighted by Crippen LogP contribution is 2.31. The Bertz CT molecular complexity index is 383. The summed E-state index contributed by atoms with van der Waals surface area (Å²) in [5.41, 5.74) is 5.07. The second-order valence-electron chi connectivity index (χ2n) is 3.40. The van der Waals surface area contributed by atoms with Crippen LogP contribution in [0.3, 0.4) is 0 Å². The summed E-state index contributed by atoms with van der Waals surface area (Å²) in [6, 6.07) is 4.82. The predicted octanol–water partition coefficient (Wildman–Crippen LogP) is 3.49. The van der Waals surface area contributed by atoms with Crippen molar-refractivity contribution in [1.82, 2.24) is 0 Å². The van der Waals surface area contributed by atoms with Crippen molar-refractivity contribution in [2.75, 3.05) is 0 Å². The van der Waals surface area contributed by atoms with Gasteiger partial charge in [-0.2, -0.15) is 13.2 Å². The SMILES string of the molecule is CCCC(N)=Nc1cccc(C(F)(F)F)c1. The maximum absolute atomic E-state index is 12.4. The van der Waals surface area contributed by atoms with Crippen molar-refractivity contribution < 1.29 is 13.2 Å². The van der Waals surface area contributed by atoms with Crippen LogP contribution >= 0.6 is 0 Å². The Balaban J connectivity index is 2.95. The molecule has 0 aliphatic rings. The fourth-order valence-electron chi connectivity index (χ4n) is 1.23. The molecule has 0 aliphatic heterocycles. The van der Waals surface area contributed by atoms with Crippen LogP contribution in [0.25, 0.3) is 0 Å². The molecule has 0 heterocycles. The Kier molecular flexibility index (Phi) is 3.93. The molecular formula is C11H13F3N2. The highest BCUT2D eigenvalue weighted by molar-refractivity contribution is 5.83. The van der Waals surface area contributed by atoms with Gasteiger partial charge in [0.1, 0.15) is 0 Å². The van der Waals surface area contributed by atoms with Gasteiger partial charge in [0, 0.05) is 6.42 Å². The highest BCUT2D eigenvalue weighted by Gasteiger charge is 2.30. The maximum atomic E-state index is 12.4. The van der Waals surface area contributed by atoms with E-state index in [1.165, 1.54) is 12.1 Å². The van der Waals surface area contributed by atoms with E-state index in [1.54, 1.807) is 0 Å². The molecule has 0 bridgehead atoms. The van der Waals surface area contributed by atoms with Gasteiger partial charge in [0.15, 0.2) is 0 Å². The molecule has 16 heavy (non-hydrogen) atoms. The van der Waals surface area contributed by atoms with Crippen molar-refractivity contribution in [2.24, 2.45) is 10.7 Å². The topological polar surface area (TPSA) is 38.4 Å². The standard InChI is InChI=1S/C11H13F3N2/c1-2-4-10(15)16-9-6-3-5-8(7-9)11(12,13)14/h3,5-7H,2,4H2,1H3,(H2,15,16). The molecule has 0 saturated carbocycles. The first-order valence-corrected chi connectivity index (χ1v) is 4.93. The Labute approximate surface area is 92.0 Å². The highest BCUT2D eigenvalue weighted by atomic mass is 19.4. The summed E-state index contributed by atoms with van der Waals surface area (Å²) in [6.45, 7) is 1.93. The molecule has 0 fully saturated rings. The van der Waals surface area contributed by atoms with Crippen LogP contribution in [0.1, 0.15) is 25.3 Å². The maximum Gasteiger partial charge on any atom is 0.416 e. The fraction of sp³-hybridized carbons (Fsp3) is 0.364. The molecular weight excluding hydrogens is 217 g/mol. The summed E-state index contributed by atoms with van der Waals surface area (Å²) in [5.74, 6) is 0.349. The van der Waals surface area contributed by atoms with Crippen LogP contribution in [0, 0.1) is 0 Å². The number of hydrogen-bond acceptors (Lipinski definition) is 1. The van der Waals surface area contributed by atoms with Crippen LogP contribution in [0.5, 0.6) is 0 Å². The van der Waals surface area contributed by atoms with Gasteiger partial charge >= 0.3 is 6.18 Å². The predicted molar refractivity (Wildman–Crippen MR) is 57.6 cm³/mol. The van der Waals surface area contributed by atoms with E-state index < -0.39 is 11.7 Å². The van der Waals surface area contributed by atoms with Gasteiger partial charge in [-0.3, -0.25) is 0 Å². The first-order valence-electron chi connectivity index (χ1n) is 4.93. The second kappa shape index (κ2) is 5.01. The summed E-state index contributed by atoms with van der Waals surface area (Å²) < 4.78 is 37.1. The van der Waals surface area contributed by atoms with E-state index in [4.69, 9.17) is 5.73 Å². The zero-order chi connectivity index (χ0) is 12.2. The Hall–Kier alpha value is -1.52. The van der Waals surface area contributed by atoms with E-state index in [9.17, 15) is 13.2 Å². The smallest absolute Gasteiger partial charge is 0.387 e. The minimum Gasteiger partial charge on any atom is -0.387 e. The quantitative estimate of drug-likeness (QED) is 0.626.